The molecule has 0 bridgehead atoms. The fourth-order valence-corrected chi connectivity index (χ4v) is 9.41. The largest absolute Gasteiger partial charge is 0.748 e. The maximum absolute atomic E-state index is 12.6. The minimum absolute atomic E-state index is 0.0333. The van der Waals surface area contributed by atoms with E-state index in [0.717, 1.165) is 39.5 Å². The van der Waals surface area contributed by atoms with Crippen LogP contribution in [0.1, 0.15) is 70.1 Å². The first-order chi connectivity index (χ1) is 20.0. The molecule has 9 nitrogen and oxygen atoms in total. The molecule has 2 N–H and O–H groups in total. The van der Waals surface area contributed by atoms with Gasteiger partial charge in [0.15, 0.2) is 21.2 Å². The molecule has 2 atom stereocenters. The molecule has 232 valence electrons. The Morgan fingerprint density at radius 2 is 1.72 bits per heavy atom. The number of hydrogen-bond acceptors (Lipinski definition) is 7. The van der Waals surface area contributed by atoms with E-state index in [1.807, 2.05) is 54.6 Å². The van der Waals surface area contributed by atoms with Crippen molar-refractivity contribution in [1.82, 2.24) is 4.48 Å². The molecule has 5 rings (SSSR count). The third kappa shape index (κ3) is 5.44. The van der Waals surface area contributed by atoms with Crippen molar-refractivity contribution < 1.29 is 30.5 Å². The first-order valence-corrected chi connectivity index (χ1v) is 17.8. The molecule has 1 spiro atoms. The number of quaternary nitrogens is 1. The molecule has 1 saturated heterocycles. The van der Waals surface area contributed by atoms with Gasteiger partial charge < -0.3 is 14.8 Å². The van der Waals surface area contributed by atoms with Crippen molar-refractivity contribution in [2.45, 2.75) is 76.1 Å². The summed E-state index contributed by atoms with van der Waals surface area (Å²) < 4.78 is 73.7. The van der Waals surface area contributed by atoms with Crippen molar-refractivity contribution in [2.75, 3.05) is 18.8 Å². The van der Waals surface area contributed by atoms with Crippen molar-refractivity contribution in [3.63, 3.8) is 0 Å². The SMILES string of the molecule is CC1(C)C(/C=C/C=C2\C(C)(C)c3ccccc3[N+]23CCCC3S(=O)(=O)[O-])=[N+](CCCCS(=O)(=O)[O-])c2ccc(CN)cc21. The molecule has 0 aromatic heterocycles. The quantitative estimate of drug-likeness (QED) is 0.189. The van der Waals surface area contributed by atoms with Crippen molar-refractivity contribution in [3.8, 4) is 0 Å². The lowest BCUT2D eigenvalue weighted by atomic mass is 9.80. The molecule has 0 radical (unpaired) electrons. The molecule has 3 aliphatic rings. The molecule has 11 heteroatoms. The topological polar surface area (TPSA) is 143 Å². The maximum atomic E-state index is 12.6. The smallest absolute Gasteiger partial charge is 0.209 e. The Morgan fingerprint density at radius 3 is 2.40 bits per heavy atom. The average molecular weight is 628 g/mol. The molecule has 0 saturated carbocycles. The Kier molecular flexibility index (Phi) is 8.15. The molecular formula is C32H41N3O6S2. The third-order valence-electron chi connectivity index (χ3n) is 9.59. The normalized spacial score (nSPS) is 25.3. The van der Waals surface area contributed by atoms with Crippen molar-refractivity contribution in [3.05, 3.63) is 83.1 Å². The van der Waals surface area contributed by atoms with Gasteiger partial charge in [-0.3, -0.25) is 0 Å². The molecule has 2 aromatic carbocycles. The van der Waals surface area contributed by atoms with Gasteiger partial charge in [0.1, 0.15) is 17.9 Å². The summed E-state index contributed by atoms with van der Waals surface area (Å²) in [4.78, 5) is 0. The van der Waals surface area contributed by atoms with Gasteiger partial charge in [0.05, 0.1) is 27.5 Å². The summed E-state index contributed by atoms with van der Waals surface area (Å²) in [6.45, 7) is 9.89. The molecule has 1 fully saturated rings. The maximum Gasteiger partial charge on any atom is 0.209 e. The van der Waals surface area contributed by atoms with E-state index in [9.17, 15) is 25.9 Å². The highest BCUT2D eigenvalue weighted by atomic mass is 32.2. The third-order valence-corrected chi connectivity index (χ3v) is 11.6. The highest BCUT2D eigenvalue weighted by molar-refractivity contribution is 7.86. The van der Waals surface area contributed by atoms with Gasteiger partial charge in [-0.05, 0) is 57.9 Å². The fourth-order valence-electron chi connectivity index (χ4n) is 7.62. The van der Waals surface area contributed by atoms with Crippen LogP contribution < -0.4 is 10.2 Å². The summed E-state index contributed by atoms with van der Waals surface area (Å²) >= 11 is 0. The van der Waals surface area contributed by atoms with E-state index >= 15 is 0 Å². The summed E-state index contributed by atoms with van der Waals surface area (Å²) in [5, 5.41) is -1.08. The fraction of sp³-hybridized carbons (Fsp3) is 0.469. The van der Waals surface area contributed by atoms with E-state index in [2.05, 4.69) is 38.3 Å². The lowest BCUT2D eigenvalue weighted by Gasteiger charge is -2.39. The van der Waals surface area contributed by atoms with E-state index < -0.39 is 42.2 Å². The van der Waals surface area contributed by atoms with Gasteiger partial charge in [-0.25, -0.2) is 21.3 Å². The van der Waals surface area contributed by atoms with Gasteiger partial charge in [0.25, 0.3) is 0 Å². The average Bonchev–Trinajstić information content (AvgIpc) is 3.52. The second-order valence-electron chi connectivity index (χ2n) is 12.9. The van der Waals surface area contributed by atoms with Crippen molar-refractivity contribution >= 4 is 37.3 Å². The van der Waals surface area contributed by atoms with Crippen LogP contribution in [0.25, 0.3) is 0 Å². The van der Waals surface area contributed by atoms with Crippen LogP contribution in [0.4, 0.5) is 11.4 Å². The van der Waals surface area contributed by atoms with E-state index in [0.29, 0.717) is 38.9 Å². The number of rotatable bonds is 9. The number of nitrogens with zero attached hydrogens (tertiary/aromatic N) is 2. The van der Waals surface area contributed by atoms with Gasteiger partial charge in [-0.2, -0.15) is 4.58 Å². The minimum atomic E-state index is -4.59. The van der Waals surface area contributed by atoms with Crippen LogP contribution in [0, 0.1) is 0 Å². The highest BCUT2D eigenvalue weighted by Gasteiger charge is 2.61. The lowest BCUT2D eigenvalue weighted by molar-refractivity contribution is -0.438. The van der Waals surface area contributed by atoms with Gasteiger partial charge in [-0.1, -0.05) is 30.3 Å². The Hall–Kier alpha value is -2.67. The van der Waals surface area contributed by atoms with E-state index in [1.54, 1.807) is 0 Å². The zero-order valence-corrected chi connectivity index (χ0v) is 26.9. The van der Waals surface area contributed by atoms with Crippen LogP contribution in [0.2, 0.25) is 0 Å². The number of unbranched alkanes of at least 4 members (excludes halogenated alkanes) is 1. The minimum Gasteiger partial charge on any atom is -0.748 e. The Labute approximate surface area is 255 Å². The summed E-state index contributed by atoms with van der Waals surface area (Å²) in [5.74, 6) is -0.403. The Balaban J connectivity index is 1.61. The standard InChI is InChI=1S/C32H41N3O6S2/c1-31(2)25-21-23(22-33)16-17-26(25)34(18-7-8-20-42(36,37)38)28(31)13-9-14-29-32(3,4)24-11-5-6-12-27(24)35(29)19-10-15-30(35)43(39,40)41/h5-6,9,11-14,16-17,21,30H,7-8,10,15,18-20,22,33H2,1-4H3/b13-9+,29-14+. The predicted octanol–water partition coefficient (Wildman–Crippen LogP) is 4.25. The summed E-state index contributed by atoms with van der Waals surface area (Å²) in [5.41, 5.74) is 11.9. The van der Waals surface area contributed by atoms with Crippen LogP contribution in [-0.4, -0.2) is 60.4 Å². The molecule has 0 aliphatic carbocycles. The second-order valence-corrected chi connectivity index (χ2v) is 16.0. The van der Waals surface area contributed by atoms with Crippen LogP contribution in [-0.2, 0) is 37.6 Å². The number of benzene rings is 2. The van der Waals surface area contributed by atoms with Gasteiger partial charge in [-0.15, -0.1) is 0 Å². The van der Waals surface area contributed by atoms with Crippen LogP contribution in [0.5, 0.6) is 0 Å². The predicted molar refractivity (Wildman–Crippen MR) is 167 cm³/mol. The zero-order valence-electron chi connectivity index (χ0n) is 25.2. The Bertz CT molecular complexity index is 1760. The van der Waals surface area contributed by atoms with Crippen LogP contribution >= 0.6 is 0 Å². The van der Waals surface area contributed by atoms with Gasteiger partial charge >= 0.3 is 0 Å². The summed E-state index contributed by atoms with van der Waals surface area (Å²) in [6, 6.07) is 14.0. The highest BCUT2D eigenvalue weighted by Crippen LogP contribution is 2.57. The zero-order chi connectivity index (χ0) is 31.4. The number of fused-ring (bicyclic) bond motifs is 3. The monoisotopic (exact) mass is 627 g/mol. The molecule has 3 aliphatic heterocycles. The van der Waals surface area contributed by atoms with Crippen LogP contribution in [0.3, 0.4) is 0 Å². The summed E-state index contributed by atoms with van der Waals surface area (Å²) in [6.07, 6.45) is 7.70. The molecule has 3 heterocycles. The molecule has 0 amide bonds. The lowest BCUT2D eigenvalue weighted by Crippen LogP contribution is -2.55. The number of para-hydroxylation sites is 1. The molecule has 2 unspecified atom stereocenters. The molecule has 2 aromatic rings. The van der Waals surface area contributed by atoms with Gasteiger partial charge in [0.2, 0.25) is 5.69 Å². The summed E-state index contributed by atoms with van der Waals surface area (Å²) in [7, 11) is -8.87. The number of hydrogen-bond donors (Lipinski definition) is 1. The first-order valence-electron chi connectivity index (χ1n) is 14.8. The van der Waals surface area contributed by atoms with Crippen molar-refractivity contribution in [2.24, 2.45) is 5.73 Å². The van der Waals surface area contributed by atoms with Gasteiger partial charge in [0, 0.05) is 54.8 Å². The first kappa shape index (κ1) is 31.7. The van der Waals surface area contributed by atoms with Crippen molar-refractivity contribution in [1.29, 1.82) is 0 Å². The number of nitrogens with two attached hydrogens (primary N) is 1. The van der Waals surface area contributed by atoms with E-state index in [4.69, 9.17) is 5.73 Å². The van der Waals surface area contributed by atoms with E-state index in [-0.39, 0.29) is 10.9 Å². The molecular weight excluding hydrogens is 587 g/mol. The molecule has 43 heavy (non-hydrogen) atoms. The second kappa shape index (κ2) is 11.0. The van der Waals surface area contributed by atoms with E-state index in [1.165, 1.54) is 0 Å². The van der Waals surface area contributed by atoms with Crippen LogP contribution in [0.15, 0.2) is 66.4 Å². The Morgan fingerprint density at radius 1 is 1.00 bits per heavy atom. The number of allylic oxidation sites excluding steroid dienone is 4.